The maximum absolute atomic E-state index is 13.9. The van der Waals surface area contributed by atoms with Crippen molar-refractivity contribution >= 4 is 24.4 Å². The Morgan fingerprint density at radius 1 is 0.540 bits per heavy atom. The number of unbranched alkanes of at least 4 members (excludes halogenated alkanes) is 3. The highest BCUT2D eigenvalue weighted by atomic mass is 16.6. The number of alkyl carbamates (subject to hydrolysis) is 2. The predicted octanol–water partition coefficient (Wildman–Crippen LogP) is 8.29. The zero-order chi connectivity index (χ0) is 38.9. The minimum Gasteiger partial charge on any atom is -0.444 e. The van der Waals surface area contributed by atoms with Gasteiger partial charge < -0.3 is 35.3 Å². The lowest BCUT2D eigenvalue weighted by molar-refractivity contribution is -0.00654. The lowest BCUT2D eigenvalue weighted by atomic mass is 9.98. The molecule has 0 aliphatic carbocycles. The monoisotopic (exact) mass is 716 g/mol. The summed E-state index contributed by atoms with van der Waals surface area (Å²) >= 11 is 0. The van der Waals surface area contributed by atoms with Crippen LogP contribution < -0.4 is 16.4 Å². The third kappa shape index (κ3) is 22.7. The average Bonchev–Trinajstić information content (AvgIpc) is 2.89. The van der Waals surface area contributed by atoms with Crippen molar-refractivity contribution in [3.05, 3.63) is 0 Å². The molecule has 0 aromatic carbocycles. The van der Waals surface area contributed by atoms with Crippen molar-refractivity contribution < 1.29 is 38.1 Å². The number of carbonyl (C=O) groups excluding carboxylic acids is 4. The van der Waals surface area contributed by atoms with Crippen LogP contribution in [0.25, 0.3) is 0 Å². The topological polar surface area (TPSA) is 162 Å². The fourth-order valence-electron chi connectivity index (χ4n) is 5.07. The van der Waals surface area contributed by atoms with Gasteiger partial charge in [0.1, 0.15) is 34.7 Å². The number of rotatable bonds is 18. The molecule has 0 spiro atoms. The molecular formula is C37H73N5O8. The van der Waals surface area contributed by atoms with Crippen molar-refractivity contribution in [2.45, 2.75) is 189 Å². The van der Waals surface area contributed by atoms with Gasteiger partial charge in [-0.2, -0.15) is 0 Å². The predicted molar refractivity (Wildman–Crippen MR) is 198 cm³/mol. The van der Waals surface area contributed by atoms with E-state index in [-0.39, 0.29) is 19.0 Å². The second kappa shape index (κ2) is 21.4. The first kappa shape index (κ1) is 47.0. The molecule has 50 heavy (non-hydrogen) atoms. The van der Waals surface area contributed by atoms with E-state index in [0.29, 0.717) is 38.6 Å². The summed E-state index contributed by atoms with van der Waals surface area (Å²) in [4.78, 5) is 57.0. The second-order valence-corrected chi connectivity index (χ2v) is 17.0. The third-order valence-electron chi connectivity index (χ3n) is 6.98. The van der Waals surface area contributed by atoms with Crippen molar-refractivity contribution in [3.63, 3.8) is 0 Å². The molecule has 0 aromatic heterocycles. The van der Waals surface area contributed by atoms with Gasteiger partial charge in [0.05, 0.1) is 0 Å². The van der Waals surface area contributed by atoms with Crippen LogP contribution in [0.5, 0.6) is 0 Å². The van der Waals surface area contributed by atoms with E-state index in [2.05, 4.69) is 10.6 Å². The Balaban J connectivity index is 6.98. The molecule has 2 atom stereocenters. The molecule has 0 aliphatic heterocycles. The molecule has 0 aromatic rings. The number of nitrogens with two attached hydrogens (primary N) is 1. The summed E-state index contributed by atoms with van der Waals surface area (Å²) in [5.74, 6) is -0.299. The number of nitrogens with one attached hydrogen (secondary N) is 2. The molecule has 13 nitrogen and oxygen atoms in total. The molecule has 0 fully saturated rings. The van der Waals surface area contributed by atoms with Crippen molar-refractivity contribution in [3.8, 4) is 0 Å². The summed E-state index contributed by atoms with van der Waals surface area (Å²) in [5.41, 5.74) is 2.65. The largest absolute Gasteiger partial charge is 0.444 e. The molecule has 2 unspecified atom stereocenters. The molecule has 0 saturated carbocycles. The molecule has 0 heterocycles. The summed E-state index contributed by atoms with van der Waals surface area (Å²) in [5, 5.41) is 5.80. The Morgan fingerprint density at radius 2 is 0.880 bits per heavy atom. The van der Waals surface area contributed by atoms with E-state index in [1.807, 2.05) is 13.8 Å². The van der Waals surface area contributed by atoms with Crippen molar-refractivity contribution in [1.29, 1.82) is 0 Å². The number of hydrogen-bond donors (Lipinski definition) is 3. The van der Waals surface area contributed by atoms with Gasteiger partial charge >= 0.3 is 24.4 Å². The van der Waals surface area contributed by atoms with E-state index >= 15 is 0 Å². The van der Waals surface area contributed by atoms with E-state index in [1.54, 1.807) is 83.1 Å². The minimum atomic E-state index is -0.804. The van der Waals surface area contributed by atoms with Crippen LogP contribution in [0.15, 0.2) is 0 Å². The van der Waals surface area contributed by atoms with E-state index < -0.39 is 59.1 Å². The fourth-order valence-corrected chi connectivity index (χ4v) is 5.07. The molecule has 0 saturated heterocycles. The number of ether oxygens (including phenoxy) is 4. The van der Waals surface area contributed by atoms with Gasteiger partial charge in [0.25, 0.3) is 0 Å². The van der Waals surface area contributed by atoms with Crippen LogP contribution in [0.4, 0.5) is 19.2 Å². The lowest BCUT2D eigenvalue weighted by Gasteiger charge is -2.39. The highest BCUT2D eigenvalue weighted by molar-refractivity contribution is 5.72. The first-order valence-electron chi connectivity index (χ1n) is 18.5. The van der Waals surface area contributed by atoms with Crippen LogP contribution in [0.3, 0.4) is 0 Å². The molecule has 13 heteroatoms. The van der Waals surface area contributed by atoms with Gasteiger partial charge in [0.2, 0.25) is 0 Å². The van der Waals surface area contributed by atoms with Crippen LogP contribution in [-0.4, -0.2) is 88.5 Å². The highest BCUT2D eigenvalue weighted by Crippen LogP contribution is 2.23. The van der Waals surface area contributed by atoms with E-state index in [0.717, 1.165) is 25.7 Å². The average molecular weight is 716 g/mol. The number of amides is 4. The van der Waals surface area contributed by atoms with Crippen molar-refractivity contribution in [1.82, 2.24) is 20.4 Å². The smallest absolute Gasteiger partial charge is 0.411 e. The Kier molecular flexibility index (Phi) is 20.1. The molecule has 4 N–H and O–H groups in total. The molecule has 0 aliphatic rings. The van der Waals surface area contributed by atoms with Gasteiger partial charge in [-0.05, 0) is 121 Å². The van der Waals surface area contributed by atoms with E-state index in [1.165, 1.54) is 9.80 Å². The number of hydrogen-bond acceptors (Lipinski definition) is 9. The number of nitrogens with zero attached hydrogens (tertiary/aromatic N) is 2. The summed E-state index contributed by atoms with van der Waals surface area (Å²) in [6, 6.07) is 0. The highest BCUT2D eigenvalue weighted by Gasteiger charge is 2.36. The maximum Gasteiger partial charge on any atom is 0.411 e. The summed E-state index contributed by atoms with van der Waals surface area (Å²) in [6.07, 6.45) is 2.43. The minimum absolute atomic E-state index is 0.150. The molecule has 0 rings (SSSR count). The standard InChI is InChI=1S/C37H73N5O8/c1-15-21-28(39-30(43)47-34(3,4)5)41(32(45)49-36(9,10)11)25-27(23-19-17-18-20-24-38)26-42(33(46)50-37(12,13)14)29(22-16-2)40-31(44)48-35(6,7)8/h27-29H,15-26,38H2,1-14H3,(H,39,43)(H,40,44). The first-order valence-corrected chi connectivity index (χ1v) is 18.5. The zero-order valence-corrected chi connectivity index (χ0v) is 34.0. The van der Waals surface area contributed by atoms with Crippen LogP contribution in [0.2, 0.25) is 0 Å². The van der Waals surface area contributed by atoms with E-state index in [9.17, 15) is 19.2 Å². The first-order chi connectivity index (χ1) is 22.8. The molecule has 0 radical (unpaired) electrons. The van der Waals surface area contributed by atoms with Gasteiger partial charge in [0.15, 0.2) is 0 Å². The van der Waals surface area contributed by atoms with Gasteiger partial charge in [-0.25, -0.2) is 19.2 Å². The van der Waals surface area contributed by atoms with Gasteiger partial charge in [0, 0.05) is 13.1 Å². The van der Waals surface area contributed by atoms with Gasteiger partial charge in [-0.1, -0.05) is 46.0 Å². The van der Waals surface area contributed by atoms with Crippen LogP contribution in [0.1, 0.15) is 155 Å². The SMILES string of the molecule is CCCC(NC(=O)OC(C)(C)C)N(CC(CCCCCCN)CN(C(=O)OC(C)(C)C)C(CCC)NC(=O)OC(C)(C)C)C(=O)OC(C)(C)C. The van der Waals surface area contributed by atoms with Crippen molar-refractivity contribution in [2.24, 2.45) is 11.7 Å². The van der Waals surface area contributed by atoms with Crippen LogP contribution in [0, 0.1) is 5.92 Å². The number of carbonyl (C=O) groups is 4. The quantitative estimate of drug-likeness (QED) is 0.0720. The second-order valence-electron chi connectivity index (χ2n) is 17.0. The normalized spacial score (nSPS) is 14.1. The lowest BCUT2D eigenvalue weighted by Crippen LogP contribution is -2.57. The maximum atomic E-state index is 13.9. The summed E-state index contributed by atoms with van der Waals surface area (Å²) < 4.78 is 22.9. The zero-order valence-electron chi connectivity index (χ0n) is 34.0. The Labute approximate surface area is 303 Å². The Morgan fingerprint density at radius 3 is 1.18 bits per heavy atom. The van der Waals surface area contributed by atoms with E-state index in [4.69, 9.17) is 24.7 Å². The van der Waals surface area contributed by atoms with Crippen LogP contribution >= 0.6 is 0 Å². The van der Waals surface area contributed by atoms with Crippen LogP contribution in [-0.2, 0) is 18.9 Å². The summed E-state index contributed by atoms with van der Waals surface area (Å²) in [7, 11) is 0. The molecule has 4 amide bonds. The molecule has 0 bridgehead atoms. The summed E-state index contributed by atoms with van der Waals surface area (Å²) in [6.45, 7) is 26.2. The van der Waals surface area contributed by atoms with Gasteiger partial charge in [-0.3, -0.25) is 9.80 Å². The fraction of sp³-hybridized carbons (Fsp3) is 0.892. The molecule has 294 valence electrons. The Hall–Kier alpha value is -2.96. The molecular weight excluding hydrogens is 642 g/mol. The van der Waals surface area contributed by atoms with Gasteiger partial charge in [-0.15, -0.1) is 0 Å². The Bertz CT molecular complexity index is 953. The van der Waals surface area contributed by atoms with Crippen molar-refractivity contribution in [2.75, 3.05) is 19.6 Å². The third-order valence-corrected chi connectivity index (χ3v) is 6.98.